The normalized spacial score (nSPS) is 15.7. The minimum absolute atomic E-state index is 0.0334. The third-order valence-corrected chi connectivity index (χ3v) is 6.43. The van der Waals surface area contributed by atoms with Crippen LogP contribution in [0.15, 0.2) is 29.2 Å². The zero-order valence-electron chi connectivity index (χ0n) is 16.8. The second-order valence-electron chi connectivity index (χ2n) is 7.09. The van der Waals surface area contributed by atoms with E-state index in [4.69, 9.17) is 4.74 Å². The van der Waals surface area contributed by atoms with E-state index in [0.29, 0.717) is 5.69 Å². The van der Waals surface area contributed by atoms with Crippen molar-refractivity contribution in [1.29, 1.82) is 0 Å². The fourth-order valence-corrected chi connectivity index (χ4v) is 4.15. The Kier molecular flexibility index (Phi) is 7.74. The van der Waals surface area contributed by atoms with Gasteiger partial charge in [0.1, 0.15) is 6.54 Å². The van der Waals surface area contributed by atoms with Crippen LogP contribution < -0.4 is 10.6 Å². The number of nitrogens with one attached hydrogen (secondary N) is 2. The van der Waals surface area contributed by atoms with Crippen LogP contribution in [0.25, 0.3) is 0 Å². The standard InChI is InChI=1S/C19H27N3O6S/c1-13(19(25)21-15-6-4-5-7-15)28-18(24)12-22(3)29(26,27)17-10-8-16(9-11-17)20-14(2)23/h8-11,13,15H,4-7,12H2,1-3H3,(H,20,23)(H,21,25)/t13-/m0/s1. The molecular weight excluding hydrogens is 398 g/mol. The lowest BCUT2D eigenvalue weighted by Crippen LogP contribution is -2.42. The van der Waals surface area contributed by atoms with Crippen LogP contribution in [0.5, 0.6) is 0 Å². The Morgan fingerprint density at radius 2 is 1.76 bits per heavy atom. The fraction of sp³-hybridized carbons (Fsp3) is 0.526. The number of anilines is 1. The van der Waals surface area contributed by atoms with Gasteiger partial charge in [-0.1, -0.05) is 12.8 Å². The predicted molar refractivity (Wildman–Crippen MR) is 107 cm³/mol. The molecule has 1 aromatic rings. The van der Waals surface area contributed by atoms with E-state index in [2.05, 4.69) is 10.6 Å². The summed E-state index contributed by atoms with van der Waals surface area (Å²) in [5, 5.41) is 5.38. The molecule has 29 heavy (non-hydrogen) atoms. The third kappa shape index (κ3) is 6.53. The van der Waals surface area contributed by atoms with Crippen LogP contribution in [0, 0.1) is 0 Å². The number of hydrogen-bond donors (Lipinski definition) is 2. The quantitative estimate of drug-likeness (QED) is 0.605. The molecule has 1 fully saturated rings. The van der Waals surface area contributed by atoms with Gasteiger partial charge in [0.25, 0.3) is 5.91 Å². The summed E-state index contributed by atoms with van der Waals surface area (Å²) < 4.78 is 31.1. The summed E-state index contributed by atoms with van der Waals surface area (Å²) in [6.07, 6.45) is 2.94. The van der Waals surface area contributed by atoms with Crippen molar-refractivity contribution in [2.45, 2.75) is 56.6 Å². The number of benzene rings is 1. The first kappa shape index (κ1) is 22.8. The Hall–Kier alpha value is -2.46. The number of likely N-dealkylation sites (N-methyl/N-ethyl adjacent to an activating group) is 1. The van der Waals surface area contributed by atoms with Gasteiger partial charge in [0.2, 0.25) is 15.9 Å². The molecule has 0 spiro atoms. The number of esters is 1. The van der Waals surface area contributed by atoms with Crippen LogP contribution in [0.4, 0.5) is 5.69 Å². The van der Waals surface area contributed by atoms with E-state index in [1.807, 2.05) is 0 Å². The van der Waals surface area contributed by atoms with Gasteiger partial charge in [-0.2, -0.15) is 4.31 Å². The van der Waals surface area contributed by atoms with Crippen molar-refractivity contribution in [3.05, 3.63) is 24.3 Å². The lowest BCUT2D eigenvalue weighted by atomic mass is 10.2. The van der Waals surface area contributed by atoms with Crippen molar-refractivity contribution in [1.82, 2.24) is 9.62 Å². The van der Waals surface area contributed by atoms with Gasteiger partial charge in [-0.05, 0) is 44.0 Å². The van der Waals surface area contributed by atoms with Crippen LogP contribution in [-0.2, 0) is 29.1 Å². The molecule has 1 aliphatic rings. The molecule has 2 N–H and O–H groups in total. The summed E-state index contributed by atoms with van der Waals surface area (Å²) in [5.74, 6) is -1.48. The van der Waals surface area contributed by atoms with E-state index in [9.17, 15) is 22.8 Å². The van der Waals surface area contributed by atoms with Crippen molar-refractivity contribution in [3.8, 4) is 0 Å². The van der Waals surface area contributed by atoms with E-state index >= 15 is 0 Å². The third-order valence-electron chi connectivity index (χ3n) is 4.61. The molecule has 0 heterocycles. The monoisotopic (exact) mass is 425 g/mol. The fourth-order valence-electron chi connectivity index (χ4n) is 3.04. The van der Waals surface area contributed by atoms with Gasteiger partial charge in [0.15, 0.2) is 6.10 Å². The Morgan fingerprint density at radius 1 is 1.17 bits per heavy atom. The minimum Gasteiger partial charge on any atom is -0.452 e. The summed E-state index contributed by atoms with van der Waals surface area (Å²) in [6, 6.07) is 5.68. The molecule has 2 rings (SSSR count). The molecule has 0 unspecified atom stereocenters. The van der Waals surface area contributed by atoms with Crippen LogP contribution in [0.1, 0.15) is 39.5 Å². The number of nitrogens with zero attached hydrogens (tertiary/aromatic N) is 1. The van der Waals surface area contributed by atoms with Gasteiger partial charge >= 0.3 is 5.97 Å². The summed E-state index contributed by atoms with van der Waals surface area (Å²) in [6.45, 7) is 2.27. The number of ether oxygens (including phenoxy) is 1. The maximum absolute atomic E-state index is 12.6. The van der Waals surface area contributed by atoms with E-state index in [1.165, 1.54) is 45.2 Å². The number of hydrogen-bond acceptors (Lipinski definition) is 6. The molecule has 9 nitrogen and oxygen atoms in total. The number of carbonyl (C=O) groups excluding carboxylic acids is 3. The summed E-state index contributed by atoms with van der Waals surface area (Å²) in [7, 11) is -2.68. The molecule has 2 amide bonds. The van der Waals surface area contributed by atoms with Gasteiger partial charge in [-0.15, -0.1) is 0 Å². The molecule has 10 heteroatoms. The van der Waals surface area contributed by atoms with E-state index in [0.717, 1.165) is 30.0 Å². The van der Waals surface area contributed by atoms with Crippen LogP contribution >= 0.6 is 0 Å². The summed E-state index contributed by atoms with van der Waals surface area (Å²) in [5.41, 5.74) is 0.459. The average molecular weight is 426 g/mol. The van der Waals surface area contributed by atoms with Gasteiger partial charge in [0, 0.05) is 25.7 Å². The number of rotatable bonds is 8. The smallest absolute Gasteiger partial charge is 0.322 e. The first-order valence-electron chi connectivity index (χ1n) is 9.43. The number of carbonyl (C=O) groups is 3. The summed E-state index contributed by atoms with van der Waals surface area (Å²) in [4.78, 5) is 35.2. The van der Waals surface area contributed by atoms with Gasteiger partial charge < -0.3 is 15.4 Å². The highest BCUT2D eigenvalue weighted by molar-refractivity contribution is 7.89. The van der Waals surface area contributed by atoms with Crippen molar-refractivity contribution < 1.29 is 27.5 Å². The van der Waals surface area contributed by atoms with E-state index in [-0.39, 0.29) is 22.8 Å². The van der Waals surface area contributed by atoms with Crippen LogP contribution in [0.2, 0.25) is 0 Å². The SMILES string of the molecule is CC(=O)Nc1ccc(S(=O)(=O)N(C)CC(=O)O[C@@H](C)C(=O)NC2CCCC2)cc1. The highest BCUT2D eigenvalue weighted by Gasteiger charge is 2.27. The Balaban J connectivity index is 1.91. The maximum atomic E-state index is 12.6. The molecule has 1 saturated carbocycles. The van der Waals surface area contributed by atoms with Gasteiger partial charge in [-0.25, -0.2) is 8.42 Å². The number of sulfonamides is 1. The van der Waals surface area contributed by atoms with Crippen molar-refractivity contribution in [3.63, 3.8) is 0 Å². The van der Waals surface area contributed by atoms with Crippen molar-refractivity contribution in [2.75, 3.05) is 18.9 Å². The van der Waals surface area contributed by atoms with Gasteiger partial charge in [-0.3, -0.25) is 14.4 Å². The van der Waals surface area contributed by atoms with Crippen LogP contribution in [0.3, 0.4) is 0 Å². The molecule has 0 bridgehead atoms. The summed E-state index contributed by atoms with van der Waals surface area (Å²) >= 11 is 0. The second-order valence-corrected chi connectivity index (χ2v) is 9.13. The predicted octanol–water partition coefficient (Wildman–Crippen LogP) is 1.26. The molecule has 1 aliphatic carbocycles. The molecule has 160 valence electrons. The lowest BCUT2D eigenvalue weighted by molar-refractivity contribution is -0.155. The largest absolute Gasteiger partial charge is 0.452 e. The zero-order valence-corrected chi connectivity index (χ0v) is 17.6. The molecule has 0 aromatic heterocycles. The lowest BCUT2D eigenvalue weighted by Gasteiger charge is -2.20. The van der Waals surface area contributed by atoms with Crippen LogP contribution in [-0.4, -0.2) is 56.2 Å². The topological polar surface area (TPSA) is 122 Å². The highest BCUT2D eigenvalue weighted by Crippen LogP contribution is 2.19. The average Bonchev–Trinajstić information content (AvgIpc) is 3.14. The molecule has 1 atom stereocenters. The zero-order chi connectivity index (χ0) is 21.6. The maximum Gasteiger partial charge on any atom is 0.322 e. The molecule has 0 radical (unpaired) electrons. The Morgan fingerprint density at radius 3 is 2.31 bits per heavy atom. The van der Waals surface area contributed by atoms with E-state index < -0.39 is 28.6 Å². The molecule has 0 saturated heterocycles. The second kappa shape index (κ2) is 9.84. The molecule has 1 aromatic carbocycles. The highest BCUT2D eigenvalue weighted by atomic mass is 32.2. The van der Waals surface area contributed by atoms with Crippen molar-refractivity contribution in [2.24, 2.45) is 0 Å². The first-order chi connectivity index (χ1) is 13.6. The molecular formula is C19H27N3O6S. The first-order valence-corrected chi connectivity index (χ1v) is 10.9. The Bertz CT molecular complexity index is 847. The van der Waals surface area contributed by atoms with Crippen molar-refractivity contribution >= 4 is 33.5 Å². The Labute approximate surface area is 170 Å². The molecule has 0 aliphatic heterocycles. The van der Waals surface area contributed by atoms with Gasteiger partial charge in [0.05, 0.1) is 4.90 Å². The number of amides is 2. The van der Waals surface area contributed by atoms with E-state index in [1.54, 1.807) is 0 Å². The minimum atomic E-state index is -3.93.